The second kappa shape index (κ2) is 17.8. The maximum atomic E-state index is 4.82. The van der Waals surface area contributed by atoms with Crippen LogP contribution in [0.25, 0.3) is 11.3 Å². The van der Waals surface area contributed by atoms with Gasteiger partial charge in [-0.15, -0.1) is 0 Å². The van der Waals surface area contributed by atoms with Crippen molar-refractivity contribution in [1.82, 2.24) is 4.98 Å². The lowest BCUT2D eigenvalue weighted by Gasteiger charge is -2.28. The van der Waals surface area contributed by atoms with E-state index in [1.165, 1.54) is 145 Å². The fourth-order valence-electron chi connectivity index (χ4n) is 6.09. The van der Waals surface area contributed by atoms with Gasteiger partial charge in [0, 0.05) is 11.8 Å². The third kappa shape index (κ3) is 11.2. The molecule has 1 fully saturated rings. The highest BCUT2D eigenvalue weighted by Crippen LogP contribution is 2.34. The first-order valence-electron chi connectivity index (χ1n) is 15.8. The minimum absolute atomic E-state index is 0.935. The van der Waals surface area contributed by atoms with E-state index in [0.29, 0.717) is 0 Å². The van der Waals surface area contributed by atoms with E-state index in [1.54, 1.807) is 0 Å². The van der Waals surface area contributed by atoms with Crippen molar-refractivity contribution in [3.05, 3.63) is 53.7 Å². The number of hydrogen-bond acceptors (Lipinski definition) is 1. The Morgan fingerprint density at radius 2 is 1.11 bits per heavy atom. The summed E-state index contributed by atoms with van der Waals surface area (Å²) in [6.07, 6.45) is 30.1. The zero-order valence-corrected chi connectivity index (χ0v) is 23.8. The van der Waals surface area contributed by atoms with Crippen molar-refractivity contribution in [1.29, 1.82) is 0 Å². The molecular weight excluding hydrogens is 434 g/mol. The quantitative estimate of drug-likeness (QED) is 0.190. The lowest BCUT2D eigenvalue weighted by molar-refractivity contribution is 0.248. The zero-order chi connectivity index (χ0) is 25.3. The van der Waals surface area contributed by atoms with Gasteiger partial charge in [-0.3, -0.25) is 4.98 Å². The zero-order valence-electron chi connectivity index (χ0n) is 23.8. The fraction of sp³-hybridized carbons (Fsp3) is 0.686. The lowest BCUT2D eigenvalue weighted by Crippen LogP contribution is -2.15. The van der Waals surface area contributed by atoms with Crippen LogP contribution >= 0.6 is 0 Å². The van der Waals surface area contributed by atoms with E-state index in [-0.39, 0.29) is 0 Å². The molecule has 0 unspecified atom stereocenters. The fourth-order valence-corrected chi connectivity index (χ4v) is 6.09. The molecule has 0 amide bonds. The summed E-state index contributed by atoms with van der Waals surface area (Å²) in [6, 6.07) is 13.7. The SMILES string of the molecule is CCCCCCCCc1ccc(-c2ccc(CCC3CCC(CCCCCCCC)CC3)cn2)cc1. The number of aryl methyl sites for hydroxylation is 2. The minimum atomic E-state index is 0.935. The maximum Gasteiger partial charge on any atom is 0.0702 e. The monoisotopic (exact) mass is 489 g/mol. The second-order valence-corrected chi connectivity index (χ2v) is 11.7. The largest absolute Gasteiger partial charge is 0.256 e. The van der Waals surface area contributed by atoms with E-state index >= 15 is 0 Å². The van der Waals surface area contributed by atoms with Crippen LogP contribution in [0.1, 0.15) is 141 Å². The van der Waals surface area contributed by atoms with Gasteiger partial charge in [0.1, 0.15) is 0 Å². The van der Waals surface area contributed by atoms with E-state index in [4.69, 9.17) is 4.98 Å². The lowest BCUT2D eigenvalue weighted by atomic mass is 9.78. The molecule has 1 aromatic heterocycles. The highest BCUT2D eigenvalue weighted by Gasteiger charge is 2.20. The molecule has 2 aromatic rings. The van der Waals surface area contributed by atoms with Crippen LogP contribution in [0.5, 0.6) is 0 Å². The van der Waals surface area contributed by atoms with Gasteiger partial charge in [0.05, 0.1) is 5.69 Å². The molecule has 0 radical (unpaired) electrons. The average molecular weight is 490 g/mol. The standard InChI is InChI=1S/C35H55N/c1-3-5-7-9-11-13-15-30-17-19-32(20-18-30)21-22-33-25-28-35(36-29-33)34-26-23-31(24-27-34)16-14-12-10-8-6-4-2/h23-30,32H,3-22H2,1-2H3. The molecule has 1 heterocycles. The first-order chi connectivity index (χ1) is 17.8. The molecule has 1 nitrogen and oxygen atoms in total. The van der Waals surface area contributed by atoms with Gasteiger partial charge in [-0.25, -0.2) is 0 Å². The van der Waals surface area contributed by atoms with Crippen LogP contribution in [0.15, 0.2) is 42.6 Å². The van der Waals surface area contributed by atoms with Crippen LogP contribution < -0.4 is 0 Å². The molecule has 0 bridgehead atoms. The van der Waals surface area contributed by atoms with Gasteiger partial charge in [-0.2, -0.15) is 0 Å². The molecule has 0 saturated heterocycles. The van der Waals surface area contributed by atoms with Gasteiger partial charge in [-0.1, -0.05) is 147 Å². The predicted molar refractivity (Wildman–Crippen MR) is 159 cm³/mol. The van der Waals surface area contributed by atoms with Crippen molar-refractivity contribution in [3.63, 3.8) is 0 Å². The highest BCUT2D eigenvalue weighted by molar-refractivity contribution is 5.59. The molecule has 0 N–H and O–H groups in total. The van der Waals surface area contributed by atoms with Gasteiger partial charge in [-0.05, 0) is 54.7 Å². The molecule has 0 spiro atoms. The van der Waals surface area contributed by atoms with E-state index < -0.39 is 0 Å². The Labute approximate surface area is 223 Å². The Kier molecular flexibility index (Phi) is 14.3. The van der Waals surface area contributed by atoms with Crippen LogP contribution in [-0.4, -0.2) is 4.98 Å². The topological polar surface area (TPSA) is 12.9 Å². The number of nitrogens with zero attached hydrogens (tertiary/aromatic N) is 1. The predicted octanol–water partition coefficient (Wildman–Crippen LogP) is 11.1. The molecule has 1 aliphatic carbocycles. The Bertz CT molecular complexity index is 782. The van der Waals surface area contributed by atoms with Crippen molar-refractivity contribution >= 4 is 0 Å². The molecule has 200 valence electrons. The van der Waals surface area contributed by atoms with E-state index in [0.717, 1.165) is 17.5 Å². The Morgan fingerprint density at radius 3 is 1.72 bits per heavy atom. The Hall–Kier alpha value is -1.63. The van der Waals surface area contributed by atoms with Crippen LogP contribution in [0.3, 0.4) is 0 Å². The molecule has 1 aromatic carbocycles. The number of hydrogen-bond donors (Lipinski definition) is 0. The molecule has 1 aliphatic rings. The van der Waals surface area contributed by atoms with E-state index in [9.17, 15) is 0 Å². The minimum Gasteiger partial charge on any atom is -0.256 e. The van der Waals surface area contributed by atoms with Gasteiger partial charge in [0.25, 0.3) is 0 Å². The average Bonchev–Trinajstić information content (AvgIpc) is 2.93. The Balaban J connectivity index is 1.30. The molecule has 0 atom stereocenters. The maximum absolute atomic E-state index is 4.82. The Morgan fingerprint density at radius 1 is 0.556 bits per heavy atom. The third-order valence-electron chi connectivity index (χ3n) is 8.67. The van der Waals surface area contributed by atoms with Gasteiger partial charge >= 0.3 is 0 Å². The summed E-state index contributed by atoms with van der Waals surface area (Å²) in [7, 11) is 0. The third-order valence-corrected chi connectivity index (χ3v) is 8.67. The van der Waals surface area contributed by atoms with E-state index in [1.807, 2.05) is 0 Å². The summed E-state index contributed by atoms with van der Waals surface area (Å²) in [6.45, 7) is 4.59. The van der Waals surface area contributed by atoms with Gasteiger partial charge in [0.15, 0.2) is 0 Å². The van der Waals surface area contributed by atoms with Crippen LogP contribution in [0.2, 0.25) is 0 Å². The summed E-state index contributed by atoms with van der Waals surface area (Å²) < 4.78 is 0. The van der Waals surface area contributed by atoms with Crippen LogP contribution in [-0.2, 0) is 12.8 Å². The van der Waals surface area contributed by atoms with Gasteiger partial charge < -0.3 is 0 Å². The molecule has 36 heavy (non-hydrogen) atoms. The van der Waals surface area contributed by atoms with Gasteiger partial charge in [0.2, 0.25) is 0 Å². The smallest absolute Gasteiger partial charge is 0.0702 e. The summed E-state index contributed by atoms with van der Waals surface area (Å²) in [5.41, 5.74) is 5.23. The van der Waals surface area contributed by atoms with Crippen molar-refractivity contribution in [2.45, 2.75) is 142 Å². The second-order valence-electron chi connectivity index (χ2n) is 11.7. The number of pyridine rings is 1. The first kappa shape index (κ1) is 28.9. The number of benzene rings is 1. The van der Waals surface area contributed by atoms with E-state index in [2.05, 4.69) is 56.4 Å². The highest BCUT2D eigenvalue weighted by atomic mass is 14.7. The number of unbranched alkanes of at least 4 members (excludes halogenated alkanes) is 10. The molecule has 0 aliphatic heterocycles. The normalized spacial score (nSPS) is 17.9. The summed E-state index contributed by atoms with van der Waals surface area (Å²) in [5, 5.41) is 0. The van der Waals surface area contributed by atoms with Crippen molar-refractivity contribution in [2.24, 2.45) is 11.8 Å². The molecule has 1 saturated carbocycles. The van der Waals surface area contributed by atoms with Crippen LogP contribution in [0.4, 0.5) is 0 Å². The summed E-state index contributed by atoms with van der Waals surface area (Å²) in [5.74, 6) is 1.95. The summed E-state index contributed by atoms with van der Waals surface area (Å²) >= 11 is 0. The first-order valence-corrected chi connectivity index (χ1v) is 15.8. The van der Waals surface area contributed by atoms with Crippen LogP contribution in [0, 0.1) is 11.8 Å². The van der Waals surface area contributed by atoms with Crippen molar-refractivity contribution in [3.8, 4) is 11.3 Å². The van der Waals surface area contributed by atoms with Crippen molar-refractivity contribution in [2.75, 3.05) is 0 Å². The molecule has 3 rings (SSSR count). The molecular formula is C35H55N. The van der Waals surface area contributed by atoms with Crippen molar-refractivity contribution < 1.29 is 0 Å². The number of rotatable bonds is 18. The molecule has 1 heteroatoms. The summed E-state index contributed by atoms with van der Waals surface area (Å²) in [4.78, 5) is 4.82. The number of aromatic nitrogens is 1.